The number of benzene rings is 2. The highest BCUT2D eigenvalue weighted by Crippen LogP contribution is 2.34. The van der Waals surface area contributed by atoms with Crippen molar-refractivity contribution in [3.8, 4) is 0 Å². The van der Waals surface area contributed by atoms with Gasteiger partial charge in [0.1, 0.15) is 11.9 Å². The molecule has 0 fully saturated rings. The minimum Gasteiger partial charge on any atom is -0.404 e. The van der Waals surface area contributed by atoms with Crippen LogP contribution in [0.3, 0.4) is 0 Å². The first-order valence-corrected chi connectivity index (χ1v) is 13.6. The number of nitrogens with one attached hydrogen (secondary N) is 3. The molecule has 2 unspecified atom stereocenters. The second kappa shape index (κ2) is 12.1. The van der Waals surface area contributed by atoms with Crippen LogP contribution in [0.2, 0.25) is 0 Å². The zero-order chi connectivity index (χ0) is 28.1. The van der Waals surface area contributed by atoms with Crippen molar-refractivity contribution in [2.24, 2.45) is 20.7 Å². The molecule has 2 aliphatic rings. The second-order valence-electron chi connectivity index (χ2n) is 10.0. The number of carbonyl (C=O) groups is 1. The predicted octanol–water partition coefficient (Wildman–Crippen LogP) is 4.64. The van der Waals surface area contributed by atoms with Crippen LogP contribution >= 0.6 is 0 Å². The minimum absolute atomic E-state index is 0.212. The molecule has 0 aromatic heterocycles. The summed E-state index contributed by atoms with van der Waals surface area (Å²) in [6.45, 7) is 12.7. The molecule has 2 atom stereocenters. The molecule has 0 aliphatic carbocycles. The smallest absolute Gasteiger partial charge is 0.251 e. The molecule has 1 amide bonds. The number of amidine groups is 1. The third-order valence-electron chi connectivity index (χ3n) is 7.17. The quantitative estimate of drug-likeness (QED) is 0.394. The van der Waals surface area contributed by atoms with Crippen molar-refractivity contribution in [2.45, 2.75) is 66.5 Å². The Balaban J connectivity index is 1.68. The van der Waals surface area contributed by atoms with E-state index in [1.54, 1.807) is 6.21 Å². The Labute approximate surface area is 231 Å². The molecule has 0 bridgehead atoms. The monoisotopic (exact) mass is 525 g/mol. The predicted molar refractivity (Wildman–Crippen MR) is 161 cm³/mol. The number of fused-ring (bicyclic) bond motifs is 1. The van der Waals surface area contributed by atoms with Gasteiger partial charge in [0.25, 0.3) is 5.91 Å². The first-order valence-electron chi connectivity index (χ1n) is 13.6. The number of hydrogen-bond acceptors (Lipinski definition) is 6. The normalized spacial score (nSPS) is 19.0. The molecule has 2 aromatic carbocycles. The van der Waals surface area contributed by atoms with Gasteiger partial charge >= 0.3 is 0 Å². The van der Waals surface area contributed by atoms with E-state index in [0.717, 1.165) is 46.6 Å². The lowest BCUT2D eigenvalue weighted by atomic mass is 9.91. The maximum absolute atomic E-state index is 13.7. The van der Waals surface area contributed by atoms with E-state index in [0.29, 0.717) is 23.8 Å². The summed E-state index contributed by atoms with van der Waals surface area (Å²) in [4.78, 5) is 27.8. The van der Waals surface area contributed by atoms with E-state index >= 15 is 0 Å². The summed E-state index contributed by atoms with van der Waals surface area (Å²) in [5.74, 6) is 1.10. The molecule has 0 spiro atoms. The van der Waals surface area contributed by atoms with Crippen LogP contribution in [0.1, 0.15) is 61.6 Å². The zero-order valence-electron chi connectivity index (χ0n) is 23.7. The van der Waals surface area contributed by atoms with Crippen molar-refractivity contribution in [3.05, 3.63) is 87.3 Å². The highest BCUT2D eigenvalue weighted by atomic mass is 16.1. The van der Waals surface area contributed by atoms with Gasteiger partial charge < -0.3 is 21.7 Å². The van der Waals surface area contributed by atoms with E-state index in [2.05, 4.69) is 78.1 Å². The number of hydrogen-bond donors (Lipinski definition) is 4. The Kier molecular flexibility index (Phi) is 8.64. The van der Waals surface area contributed by atoms with Gasteiger partial charge in [-0.05, 0) is 69.4 Å². The molecular weight excluding hydrogens is 486 g/mol. The van der Waals surface area contributed by atoms with Crippen LogP contribution in [0.25, 0.3) is 0 Å². The number of aryl methyl sites for hydroxylation is 3. The number of nitrogens with zero attached hydrogens (tertiary/aromatic N) is 3. The first-order chi connectivity index (χ1) is 18.7. The Morgan fingerprint density at radius 3 is 2.69 bits per heavy atom. The lowest BCUT2D eigenvalue weighted by Gasteiger charge is -2.27. The number of nitrogens with two attached hydrogens (primary N) is 1. The van der Waals surface area contributed by atoms with Crippen molar-refractivity contribution in [1.29, 1.82) is 0 Å². The van der Waals surface area contributed by atoms with Crippen LogP contribution in [0.15, 0.2) is 74.4 Å². The number of aliphatic imine (C=N–C) groups is 3. The van der Waals surface area contributed by atoms with Crippen LogP contribution < -0.4 is 21.7 Å². The molecule has 2 aromatic rings. The number of anilines is 1. The molecule has 8 nitrogen and oxygen atoms in total. The number of guanidine groups is 1. The molecule has 2 aliphatic heterocycles. The van der Waals surface area contributed by atoms with Crippen LogP contribution in [-0.4, -0.2) is 36.5 Å². The standard InChI is InChI=1S/C31H39N7O/c1-7-22-10-9-11-26-25(22)15-27(36-26)37-31-35-21(6)28(29(38-31)24-13-12-18(3)14-19(24)4)30(39)34-20(5)23(16-32)17-33-8-2/h9-14,16-17,20,29H,7-8,15,32H2,1-6H3,(H,34,39)(H2,35,36,37,38). The average molecular weight is 526 g/mol. The van der Waals surface area contributed by atoms with E-state index in [9.17, 15) is 4.79 Å². The molecule has 0 saturated heterocycles. The molecule has 0 radical (unpaired) electrons. The zero-order valence-corrected chi connectivity index (χ0v) is 23.7. The average Bonchev–Trinajstić information content (AvgIpc) is 3.31. The fourth-order valence-corrected chi connectivity index (χ4v) is 5.08. The summed E-state index contributed by atoms with van der Waals surface area (Å²) >= 11 is 0. The van der Waals surface area contributed by atoms with Crippen LogP contribution in [-0.2, 0) is 17.6 Å². The fourth-order valence-electron chi connectivity index (χ4n) is 5.08. The highest BCUT2D eigenvalue weighted by molar-refractivity contribution is 6.09. The summed E-state index contributed by atoms with van der Waals surface area (Å²) < 4.78 is 0. The van der Waals surface area contributed by atoms with E-state index in [1.165, 1.54) is 17.3 Å². The molecule has 8 heteroatoms. The Morgan fingerprint density at radius 1 is 1.21 bits per heavy atom. The van der Waals surface area contributed by atoms with Gasteiger partial charge in [0.05, 0.1) is 11.6 Å². The SMILES string of the molecule is CCN=CC(=CN)C(C)NC(=O)C1=C(C)NC(N=C2Cc3c(CC)cccc3N2)=NC1c1ccc(C)cc1C. The lowest BCUT2D eigenvalue weighted by Crippen LogP contribution is -2.40. The van der Waals surface area contributed by atoms with Gasteiger partial charge in [-0.1, -0.05) is 42.8 Å². The van der Waals surface area contributed by atoms with Crippen molar-refractivity contribution in [3.63, 3.8) is 0 Å². The minimum atomic E-state index is -0.511. The molecule has 204 valence electrons. The number of allylic oxidation sites excluding steroid dienone is 1. The van der Waals surface area contributed by atoms with Crippen molar-refractivity contribution in [1.82, 2.24) is 10.6 Å². The molecular formula is C31H39N7O. The second-order valence-corrected chi connectivity index (χ2v) is 10.0. The third-order valence-corrected chi connectivity index (χ3v) is 7.17. The summed E-state index contributed by atoms with van der Waals surface area (Å²) in [5.41, 5.74) is 14.7. The van der Waals surface area contributed by atoms with Crippen molar-refractivity contribution in [2.75, 3.05) is 11.9 Å². The molecule has 2 heterocycles. The van der Waals surface area contributed by atoms with Gasteiger partial charge in [-0.25, -0.2) is 4.99 Å². The van der Waals surface area contributed by atoms with Gasteiger partial charge in [0.2, 0.25) is 5.96 Å². The Hall–Kier alpha value is -4.20. The van der Waals surface area contributed by atoms with Gasteiger partial charge in [0, 0.05) is 42.3 Å². The van der Waals surface area contributed by atoms with E-state index in [1.807, 2.05) is 20.8 Å². The summed E-state index contributed by atoms with van der Waals surface area (Å²) in [5, 5.41) is 9.82. The van der Waals surface area contributed by atoms with Gasteiger partial charge in [-0.15, -0.1) is 0 Å². The molecule has 5 N–H and O–H groups in total. The van der Waals surface area contributed by atoms with Gasteiger partial charge in [0.15, 0.2) is 0 Å². The van der Waals surface area contributed by atoms with E-state index < -0.39 is 6.04 Å². The number of amides is 1. The largest absolute Gasteiger partial charge is 0.404 e. The fraction of sp³-hybridized carbons (Fsp3) is 0.355. The summed E-state index contributed by atoms with van der Waals surface area (Å²) in [6.07, 6.45) is 4.87. The maximum atomic E-state index is 13.7. The van der Waals surface area contributed by atoms with Crippen molar-refractivity contribution >= 4 is 29.6 Å². The molecule has 4 rings (SSSR count). The van der Waals surface area contributed by atoms with Crippen LogP contribution in [0, 0.1) is 13.8 Å². The number of rotatable bonds is 7. The summed E-state index contributed by atoms with van der Waals surface area (Å²) in [6, 6.07) is 11.7. The van der Waals surface area contributed by atoms with Crippen LogP contribution in [0.5, 0.6) is 0 Å². The van der Waals surface area contributed by atoms with Crippen molar-refractivity contribution < 1.29 is 4.79 Å². The van der Waals surface area contributed by atoms with Gasteiger partial charge in [-0.3, -0.25) is 9.79 Å². The van der Waals surface area contributed by atoms with E-state index in [-0.39, 0.29) is 11.9 Å². The maximum Gasteiger partial charge on any atom is 0.251 e. The molecule has 0 saturated carbocycles. The topological polar surface area (TPSA) is 116 Å². The Bertz CT molecular complexity index is 1410. The lowest BCUT2D eigenvalue weighted by molar-refractivity contribution is -0.118. The van der Waals surface area contributed by atoms with E-state index in [4.69, 9.17) is 15.7 Å². The van der Waals surface area contributed by atoms with Crippen LogP contribution in [0.4, 0.5) is 5.69 Å². The molecule has 39 heavy (non-hydrogen) atoms. The number of carbonyl (C=O) groups excluding carboxylic acids is 1. The third kappa shape index (κ3) is 6.11. The highest BCUT2D eigenvalue weighted by Gasteiger charge is 2.31. The van der Waals surface area contributed by atoms with Gasteiger partial charge in [-0.2, -0.15) is 4.99 Å². The Morgan fingerprint density at radius 2 is 2.00 bits per heavy atom. The summed E-state index contributed by atoms with van der Waals surface area (Å²) in [7, 11) is 0. The first kappa shape index (κ1) is 27.8.